The van der Waals surface area contributed by atoms with Crippen molar-refractivity contribution in [3.05, 3.63) is 42.0 Å². The van der Waals surface area contributed by atoms with Gasteiger partial charge in [-0.15, -0.1) is 12.4 Å². The molecule has 0 aliphatic heterocycles. The number of fused-ring (bicyclic) bond motifs is 1. The maximum atomic E-state index is 5.85. The van der Waals surface area contributed by atoms with E-state index in [4.69, 9.17) is 10.5 Å². The lowest BCUT2D eigenvalue weighted by molar-refractivity contribution is 0.240. The van der Waals surface area contributed by atoms with E-state index in [9.17, 15) is 0 Å². The van der Waals surface area contributed by atoms with Gasteiger partial charge in [0.05, 0.1) is 6.10 Å². The maximum absolute atomic E-state index is 5.85. The molecule has 2 nitrogen and oxygen atoms in total. The van der Waals surface area contributed by atoms with E-state index in [2.05, 4.69) is 30.3 Å². The molecule has 2 N–H and O–H groups in total. The molecule has 0 unspecified atom stereocenters. The van der Waals surface area contributed by atoms with Crippen molar-refractivity contribution in [3.63, 3.8) is 0 Å². The van der Waals surface area contributed by atoms with E-state index in [0.29, 0.717) is 6.54 Å². The zero-order chi connectivity index (χ0) is 12.3. The number of nitrogens with two attached hydrogens (primary N) is 1. The summed E-state index contributed by atoms with van der Waals surface area (Å²) in [5.74, 6) is 0.962. The van der Waals surface area contributed by atoms with Crippen molar-refractivity contribution >= 4 is 23.2 Å². The van der Waals surface area contributed by atoms with Crippen molar-refractivity contribution in [2.45, 2.75) is 26.4 Å². The van der Waals surface area contributed by atoms with E-state index in [1.165, 1.54) is 16.3 Å². The summed E-state index contributed by atoms with van der Waals surface area (Å²) in [7, 11) is 0. The highest BCUT2D eigenvalue weighted by Gasteiger charge is 2.07. The van der Waals surface area contributed by atoms with Gasteiger partial charge in [-0.25, -0.2) is 0 Å². The highest BCUT2D eigenvalue weighted by Crippen LogP contribution is 2.27. The van der Waals surface area contributed by atoms with Gasteiger partial charge in [-0.3, -0.25) is 0 Å². The first kappa shape index (κ1) is 14.8. The van der Waals surface area contributed by atoms with Crippen LogP contribution in [0.2, 0.25) is 0 Å². The Labute approximate surface area is 115 Å². The molecule has 2 aromatic rings. The summed E-state index contributed by atoms with van der Waals surface area (Å²) in [5, 5.41) is 2.45. The van der Waals surface area contributed by atoms with Crippen molar-refractivity contribution in [2.24, 2.45) is 5.73 Å². The lowest BCUT2D eigenvalue weighted by Crippen LogP contribution is -2.10. The normalized spacial score (nSPS) is 10.4. The lowest BCUT2D eigenvalue weighted by Gasteiger charge is -2.15. The molecule has 0 heterocycles. The maximum Gasteiger partial charge on any atom is 0.123 e. The molecule has 0 saturated carbocycles. The van der Waals surface area contributed by atoms with Crippen LogP contribution in [0.5, 0.6) is 5.75 Å². The number of hydrogen-bond acceptors (Lipinski definition) is 2. The number of rotatable bonds is 4. The molecule has 0 spiro atoms. The topological polar surface area (TPSA) is 35.2 Å². The summed E-state index contributed by atoms with van der Waals surface area (Å²) >= 11 is 0. The summed E-state index contributed by atoms with van der Waals surface area (Å²) in [6, 6.07) is 12.6. The number of benzene rings is 2. The number of halogens is 1. The van der Waals surface area contributed by atoms with E-state index in [-0.39, 0.29) is 18.5 Å². The van der Waals surface area contributed by atoms with E-state index in [1.54, 1.807) is 0 Å². The molecule has 0 aliphatic rings. The monoisotopic (exact) mass is 265 g/mol. The standard InChI is InChI=1S/C15H19NO.ClH/c1-11(2)17-15-10-13-6-4-3-5-12(13)9-14(15)7-8-16;/h3-6,9-11H,7-8,16H2,1-2H3;1H. The summed E-state index contributed by atoms with van der Waals surface area (Å²) in [6.45, 7) is 4.73. The summed E-state index contributed by atoms with van der Waals surface area (Å²) in [6.07, 6.45) is 1.04. The Morgan fingerprint density at radius 1 is 1.11 bits per heavy atom. The predicted molar refractivity (Wildman–Crippen MR) is 79.7 cm³/mol. The molecule has 0 fully saturated rings. The summed E-state index contributed by atoms with van der Waals surface area (Å²) in [5.41, 5.74) is 6.84. The Morgan fingerprint density at radius 2 is 1.72 bits per heavy atom. The van der Waals surface area contributed by atoms with Crippen LogP contribution in [0.1, 0.15) is 19.4 Å². The van der Waals surface area contributed by atoms with Gasteiger partial charge in [0.15, 0.2) is 0 Å². The Morgan fingerprint density at radius 3 is 2.28 bits per heavy atom. The fourth-order valence-corrected chi connectivity index (χ4v) is 1.98. The Kier molecular flexibility index (Phi) is 5.45. The minimum absolute atomic E-state index is 0. The van der Waals surface area contributed by atoms with Crippen molar-refractivity contribution in [1.29, 1.82) is 0 Å². The SMILES string of the molecule is CC(C)Oc1cc2ccccc2cc1CCN.Cl. The second-order valence-corrected chi connectivity index (χ2v) is 4.51. The minimum Gasteiger partial charge on any atom is -0.491 e. The van der Waals surface area contributed by atoms with Crippen LogP contribution in [0.25, 0.3) is 10.8 Å². The molecule has 0 bridgehead atoms. The average Bonchev–Trinajstić information content (AvgIpc) is 2.29. The van der Waals surface area contributed by atoms with Crippen LogP contribution >= 0.6 is 12.4 Å². The van der Waals surface area contributed by atoms with Crippen LogP contribution in [0, 0.1) is 0 Å². The molecule has 2 aromatic carbocycles. The van der Waals surface area contributed by atoms with Crippen LogP contribution in [-0.2, 0) is 6.42 Å². The largest absolute Gasteiger partial charge is 0.491 e. The van der Waals surface area contributed by atoms with Gasteiger partial charge < -0.3 is 10.5 Å². The van der Waals surface area contributed by atoms with Gasteiger partial charge in [0.25, 0.3) is 0 Å². The van der Waals surface area contributed by atoms with Crippen molar-refractivity contribution in [1.82, 2.24) is 0 Å². The fourth-order valence-electron chi connectivity index (χ4n) is 1.98. The van der Waals surface area contributed by atoms with Crippen LogP contribution in [0.15, 0.2) is 36.4 Å². The molecule has 18 heavy (non-hydrogen) atoms. The molecule has 0 radical (unpaired) electrons. The van der Waals surface area contributed by atoms with E-state index in [1.807, 2.05) is 19.9 Å². The molecule has 0 aromatic heterocycles. The first-order chi connectivity index (χ1) is 8.20. The van der Waals surface area contributed by atoms with Gasteiger partial charge in [-0.05, 0) is 55.3 Å². The zero-order valence-corrected chi connectivity index (χ0v) is 11.7. The molecule has 0 aliphatic carbocycles. The third-order valence-electron chi connectivity index (χ3n) is 2.71. The second-order valence-electron chi connectivity index (χ2n) is 4.51. The number of ether oxygens (including phenoxy) is 1. The van der Waals surface area contributed by atoms with Crippen LogP contribution in [0.3, 0.4) is 0 Å². The van der Waals surface area contributed by atoms with Crippen molar-refractivity contribution < 1.29 is 4.74 Å². The summed E-state index contributed by atoms with van der Waals surface area (Å²) < 4.78 is 5.85. The van der Waals surface area contributed by atoms with Crippen molar-refractivity contribution in [3.8, 4) is 5.75 Å². The second kappa shape index (κ2) is 6.62. The quantitative estimate of drug-likeness (QED) is 0.918. The third kappa shape index (κ3) is 3.37. The number of hydrogen-bond donors (Lipinski definition) is 1. The van der Waals surface area contributed by atoms with E-state index in [0.717, 1.165) is 12.2 Å². The van der Waals surface area contributed by atoms with Gasteiger partial charge in [0.2, 0.25) is 0 Å². The highest BCUT2D eigenvalue weighted by atomic mass is 35.5. The fraction of sp³-hybridized carbons (Fsp3) is 0.333. The molecule has 98 valence electrons. The molecule has 2 rings (SSSR count). The van der Waals surface area contributed by atoms with Gasteiger partial charge in [0, 0.05) is 0 Å². The lowest BCUT2D eigenvalue weighted by atomic mass is 10.0. The van der Waals surface area contributed by atoms with Gasteiger partial charge in [-0.1, -0.05) is 24.3 Å². The predicted octanol–water partition coefficient (Wildman–Crippen LogP) is 3.55. The highest BCUT2D eigenvalue weighted by molar-refractivity contribution is 5.85. The Balaban J connectivity index is 0.00000162. The third-order valence-corrected chi connectivity index (χ3v) is 2.71. The van der Waals surface area contributed by atoms with Gasteiger partial charge in [0.1, 0.15) is 5.75 Å². The Bertz CT molecular complexity index is 511. The van der Waals surface area contributed by atoms with E-state index < -0.39 is 0 Å². The minimum atomic E-state index is 0. The first-order valence-corrected chi connectivity index (χ1v) is 6.09. The summed E-state index contributed by atoms with van der Waals surface area (Å²) in [4.78, 5) is 0. The first-order valence-electron chi connectivity index (χ1n) is 6.09. The van der Waals surface area contributed by atoms with Gasteiger partial charge >= 0.3 is 0 Å². The molecule has 0 saturated heterocycles. The average molecular weight is 266 g/mol. The van der Waals surface area contributed by atoms with Crippen LogP contribution in [-0.4, -0.2) is 12.6 Å². The molecular formula is C15H20ClNO. The Hall–Kier alpha value is -1.25. The molecule has 0 amide bonds. The van der Waals surface area contributed by atoms with E-state index >= 15 is 0 Å². The molecule has 3 heteroatoms. The van der Waals surface area contributed by atoms with Crippen LogP contribution in [0.4, 0.5) is 0 Å². The van der Waals surface area contributed by atoms with Crippen LogP contribution < -0.4 is 10.5 Å². The smallest absolute Gasteiger partial charge is 0.123 e. The van der Waals surface area contributed by atoms with Crippen molar-refractivity contribution in [2.75, 3.05) is 6.54 Å². The van der Waals surface area contributed by atoms with Gasteiger partial charge in [-0.2, -0.15) is 0 Å². The zero-order valence-electron chi connectivity index (χ0n) is 10.8. The molecular weight excluding hydrogens is 246 g/mol. The molecule has 0 atom stereocenters.